The fraction of sp³-hybridized carbons (Fsp3) is 0.462. The van der Waals surface area contributed by atoms with E-state index in [9.17, 15) is 9.18 Å². The lowest BCUT2D eigenvalue weighted by Crippen LogP contribution is -2.34. The van der Waals surface area contributed by atoms with Crippen LogP contribution in [0, 0.1) is 5.82 Å². The number of anilines is 1. The van der Waals surface area contributed by atoms with Crippen LogP contribution in [0.15, 0.2) is 40.9 Å². The van der Waals surface area contributed by atoms with Crippen LogP contribution in [0.5, 0.6) is 0 Å². The molecule has 0 radical (unpaired) electrons. The third kappa shape index (κ3) is 3.83. The molecule has 1 saturated heterocycles. The largest absolute Gasteiger partial charge is 0.372 e. The van der Waals surface area contributed by atoms with Gasteiger partial charge in [0.2, 0.25) is 5.91 Å². The highest BCUT2D eigenvalue weighted by atomic mass is 19.1. The van der Waals surface area contributed by atoms with Gasteiger partial charge in [-0.05, 0) is 56.5 Å². The molecule has 1 amide bonds. The van der Waals surface area contributed by atoms with Gasteiger partial charge in [0.15, 0.2) is 5.58 Å². The van der Waals surface area contributed by atoms with Crippen LogP contribution in [0.25, 0.3) is 11.0 Å². The molecule has 172 valence electrons. The minimum Gasteiger partial charge on any atom is -0.372 e. The number of aryl methyl sites for hydroxylation is 1. The van der Waals surface area contributed by atoms with Crippen LogP contribution >= 0.6 is 0 Å². The molecule has 0 spiro atoms. The first kappa shape index (κ1) is 20.8. The van der Waals surface area contributed by atoms with Gasteiger partial charge < -0.3 is 19.1 Å². The molecule has 1 unspecified atom stereocenters. The standard InChI is InChI=1S/C26H28FN3O3/c27-19-6-7-20-22(15-19)33-28-25(20)17-9-12-29(13-10-17)11-2-14-32-23-16-30-24(31)8-5-18-3-1-4-21(23)26(18)30/h1,3-4,6-7,15,17,23H,2,5,8-14,16H2. The van der Waals surface area contributed by atoms with Gasteiger partial charge in [-0.15, -0.1) is 0 Å². The SMILES string of the molecule is O=C1CCc2cccc3c2N1CC3OCCCN1CCC(c2noc3cc(F)ccc23)CC1. The van der Waals surface area contributed by atoms with Gasteiger partial charge in [0.05, 0.1) is 17.9 Å². The number of halogens is 1. The van der Waals surface area contributed by atoms with Gasteiger partial charge in [-0.25, -0.2) is 4.39 Å². The van der Waals surface area contributed by atoms with Crippen molar-refractivity contribution in [3.8, 4) is 0 Å². The number of carbonyl (C=O) groups excluding carboxylic acids is 1. The third-order valence-electron chi connectivity index (χ3n) is 7.40. The van der Waals surface area contributed by atoms with E-state index in [1.807, 2.05) is 4.90 Å². The second kappa shape index (κ2) is 8.54. The normalized spacial score (nSPS) is 21.2. The second-order valence-corrected chi connectivity index (χ2v) is 9.40. The number of fused-ring (bicyclic) bond motifs is 1. The molecule has 0 bridgehead atoms. The summed E-state index contributed by atoms with van der Waals surface area (Å²) in [6.45, 7) is 4.36. The Morgan fingerprint density at radius 1 is 1.15 bits per heavy atom. The summed E-state index contributed by atoms with van der Waals surface area (Å²) in [6, 6.07) is 11.0. The molecule has 1 atom stereocenters. The topological polar surface area (TPSA) is 58.8 Å². The number of ether oxygens (including phenoxy) is 1. The van der Waals surface area contributed by atoms with E-state index < -0.39 is 0 Å². The summed E-state index contributed by atoms with van der Waals surface area (Å²) in [5.41, 5.74) is 5.03. The maximum absolute atomic E-state index is 13.4. The Balaban J connectivity index is 0.992. The van der Waals surface area contributed by atoms with Gasteiger partial charge in [0, 0.05) is 42.5 Å². The van der Waals surface area contributed by atoms with Gasteiger partial charge in [-0.2, -0.15) is 0 Å². The summed E-state index contributed by atoms with van der Waals surface area (Å²) in [6.07, 6.45) is 4.43. The highest BCUT2D eigenvalue weighted by molar-refractivity contribution is 5.98. The van der Waals surface area contributed by atoms with Crippen molar-refractivity contribution in [2.45, 2.75) is 44.1 Å². The molecule has 2 aromatic carbocycles. The number of carbonyl (C=O) groups is 1. The molecular weight excluding hydrogens is 421 g/mol. The number of hydrogen-bond donors (Lipinski definition) is 0. The number of para-hydroxylation sites is 1. The van der Waals surface area contributed by atoms with E-state index in [0.29, 0.717) is 31.1 Å². The Labute approximate surface area is 192 Å². The molecule has 0 aliphatic carbocycles. The van der Waals surface area contributed by atoms with E-state index in [4.69, 9.17) is 9.26 Å². The van der Waals surface area contributed by atoms with Crippen molar-refractivity contribution in [1.29, 1.82) is 0 Å². The maximum Gasteiger partial charge on any atom is 0.227 e. The molecule has 0 N–H and O–H groups in total. The Hall–Kier alpha value is -2.77. The van der Waals surface area contributed by atoms with Crippen molar-refractivity contribution in [3.05, 3.63) is 59.0 Å². The molecule has 1 fully saturated rings. The molecule has 3 aliphatic heterocycles. The molecule has 7 heteroatoms. The molecule has 0 saturated carbocycles. The number of rotatable bonds is 6. The van der Waals surface area contributed by atoms with E-state index >= 15 is 0 Å². The maximum atomic E-state index is 13.4. The van der Waals surface area contributed by atoms with Crippen LogP contribution in [-0.2, 0) is 16.0 Å². The van der Waals surface area contributed by atoms with E-state index in [1.54, 1.807) is 6.07 Å². The Kier molecular flexibility index (Phi) is 5.38. The lowest BCUT2D eigenvalue weighted by atomic mass is 9.91. The van der Waals surface area contributed by atoms with Gasteiger partial charge >= 0.3 is 0 Å². The quantitative estimate of drug-likeness (QED) is 0.516. The zero-order chi connectivity index (χ0) is 22.4. The Morgan fingerprint density at radius 3 is 2.91 bits per heavy atom. The minimum absolute atomic E-state index is 0.0157. The van der Waals surface area contributed by atoms with E-state index in [1.165, 1.54) is 23.3 Å². The first-order chi connectivity index (χ1) is 16.2. The predicted molar refractivity (Wildman–Crippen MR) is 123 cm³/mol. The van der Waals surface area contributed by atoms with Crippen molar-refractivity contribution in [2.24, 2.45) is 0 Å². The molecule has 3 aromatic rings. The highest BCUT2D eigenvalue weighted by Gasteiger charge is 2.37. The Morgan fingerprint density at radius 2 is 2.03 bits per heavy atom. The van der Waals surface area contributed by atoms with Crippen LogP contribution in [0.1, 0.15) is 54.5 Å². The molecule has 6 nitrogen and oxygen atoms in total. The van der Waals surface area contributed by atoms with Crippen LogP contribution in [-0.4, -0.2) is 48.7 Å². The monoisotopic (exact) mass is 449 g/mol. The summed E-state index contributed by atoms with van der Waals surface area (Å²) in [7, 11) is 0. The third-order valence-corrected chi connectivity index (χ3v) is 7.40. The number of nitrogens with zero attached hydrogens (tertiary/aromatic N) is 3. The van der Waals surface area contributed by atoms with Crippen molar-refractivity contribution in [3.63, 3.8) is 0 Å². The van der Waals surface area contributed by atoms with Crippen molar-refractivity contribution < 1.29 is 18.4 Å². The number of hydrogen-bond acceptors (Lipinski definition) is 5. The summed E-state index contributed by atoms with van der Waals surface area (Å²) in [4.78, 5) is 16.7. The van der Waals surface area contributed by atoms with E-state index in [2.05, 4.69) is 28.3 Å². The molecular formula is C26H28FN3O3. The first-order valence-electron chi connectivity index (χ1n) is 12.0. The van der Waals surface area contributed by atoms with Gasteiger partial charge in [0.25, 0.3) is 0 Å². The number of amides is 1. The fourth-order valence-corrected chi connectivity index (χ4v) is 5.67. The van der Waals surface area contributed by atoms with Gasteiger partial charge in [-0.3, -0.25) is 4.79 Å². The van der Waals surface area contributed by atoms with Crippen LogP contribution in [0.2, 0.25) is 0 Å². The van der Waals surface area contributed by atoms with Crippen molar-refractivity contribution >= 4 is 22.6 Å². The van der Waals surface area contributed by atoms with Crippen LogP contribution in [0.4, 0.5) is 10.1 Å². The molecule has 4 heterocycles. The lowest BCUT2D eigenvalue weighted by Gasteiger charge is -2.31. The fourth-order valence-electron chi connectivity index (χ4n) is 5.67. The van der Waals surface area contributed by atoms with Crippen LogP contribution < -0.4 is 4.90 Å². The summed E-state index contributed by atoms with van der Waals surface area (Å²) in [5, 5.41) is 5.17. The molecule has 33 heavy (non-hydrogen) atoms. The molecule has 1 aromatic heterocycles. The van der Waals surface area contributed by atoms with E-state index in [-0.39, 0.29) is 17.8 Å². The summed E-state index contributed by atoms with van der Waals surface area (Å²) >= 11 is 0. The number of aromatic nitrogens is 1. The predicted octanol–water partition coefficient (Wildman–Crippen LogP) is 4.59. The molecule has 6 rings (SSSR count). The Bertz CT molecular complexity index is 1180. The van der Waals surface area contributed by atoms with Crippen molar-refractivity contribution in [2.75, 3.05) is 37.7 Å². The number of benzene rings is 2. The van der Waals surface area contributed by atoms with E-state index in [0.717, 1.165) is 62.1 Å². The zero-order valence-electron chi connectivity index (χ0n) is 18.6. The van der Waals surface area contributed by atoms with Gasteiger partial charge in [-0.1, -0.05) is 23.4 Å². The zero-order valence-corrected chi connectivity index (χ0v) is 18.6. The molecule has 3 aliphatic rings. The smallest absolute Gasteiger partial charge is 0.227 e. The second-order valence-electron chi connectivity index (χ2n) is 9.40. The summed E-state index contributed by atoms with van der Waals surface area (Å²) < 4.78 is 25.0. The average Bonchev–Trinajstić information content (AvgIpc) is 3.42. The van der Waals surface area contributed by atoms with Crippen LogP contribution in [0.3, 0.4) is 0 Å². The van der Waals surface area contributed by atoms with Crippen molar-refractivity contribution in [1.82, 2.24) is 10.1 Å². The summed E-state index contributed by atoms with van der Waals surface area (Å²) in [5.74, 6) is 0.274. The first-order valence-corrected chi connectivity index (χ1v) is 12.0. The number of piperidine rings is 1. The highest BCUT2D eigenvalue weighted by Crippen LogP contribution is 2.42. The average molecular weight is 450 g/mol. The lowest BCUT2D eigenvalue weighted by molar-refractivity contribution is -0.119. The van der Waals surface area contributed by atoms with Gasteiger partial charge in [0.1, 0.15) is 11.9 Å². The minimum atomic E-state index is -0.296. The number of likely N-dealkylation sites (tertiary alicyclic amines) is 1.